The minimum absolute atomic E-state index is 0.463. The van der Waals surface area contributed by atoms with Gasteiger partial charge in [-0.05, 0) is 70.2 Å². The number of nitrogen functional groups attached to an aromatic ring is 2. The van der Waals surface area contributed by atoms with Crippen LogP contribution in [0.25, 0.3) is 21.8 Å². The molecule has 4 N–H and O–H groups in total. The first-order valence-corrected chi connectivity index (χ1v) is 15.7. The van der Waals surface area contributed by atoms with E-state index in [1.54, 1.807) is 0 Å². The van der Waals surface area contributed by atoms with Gasteiger partial charge in [0.15, 0.2) is 12.4 Å². The van der Waals surface area contributed by atoms with E-state index < -0.39 is 0 Å². The molecule has 6 heteroatoms. The standard InChI is InChI=1S/C30H36I2N4/c31-29(35-21-19-25(33)23-13-9-11-15-27(23)35)17-7-5-3-1-2-4-6-8-18-30(32)36-22-20-26(34)24-14-10-12-16-28(24)36/h9-16,19-22,29-30,33-34H,1-8,17-18H2/p+2. The summed E-state index contributed by atoms with van der Waals surface area (Å²) in [7, 11) is 0. The van der Waals surface area contributed by atoms with Gasteiger partial charge in [0.05, 0.1) is 22.1 Å². The second-order valence-electron chi connectivity index (χ2n) is 9.67. The molecule has 0 radical (unpaired) electrons. The smallest absolute Gasteiger partial charge is 0.215 e. The van der Waals surface area contributed by atoms with Crippen LogP contribution in [0, 0.1) is 0 Å². The van der Waals surface area contributed by atoms with Gasteiger partial charge in [-0.2, -0.15) is 9.13 Å². The van der Waals surface area contributed by atoms with Gasteiger partial charge < -0.3 is 11.5 Å². The van der Waals surface area contributed by atoms with E-state index in [1.807, 2.05) is 12.1 Å². The molecular formula is C30H38I2N4+2. The van der Waals surface area contributed by atoms with Gasteiger partial charge in [0.25, 0.3) is 0 Å². The number of rotatable bonds is 13. The van der Waals surface area contributed by atoms with Crippen LogP contribution in [0.15, 0.2) is 73.1 Å². The minimum atomic E-state index is 0.463. The number of halogens is 2. The van der Waals surface area contributed by atoms with Crippen LogP contribution in [0.5, 0.6) is 0 Å². The molecule has 0 aliphatic rings. The molecule has 4 nitrogen and oxygen atoms in total. The third kappa shape index (κ3) is 7.00. The highest BCUT2D eigenvalue weighted by atomic mass is 127. The zero-order valence-corrected chi connectivity index (χ0v) is 25.3. The van der Waals surface area contributed by atoms with Gasteiger partial charge in [0.2, 0.25) is 19.1 Å². The first-order chi connectivity index (χ1) is 17.6. The number of anilines is 2. The quantitative estimate of drug-likeness (QED) is 0.0637. The maximum Gasteiger partial charge on any atom is 0.215 e. The maximum absolute atomic E-state index is 6.17. The van der Waals surface area contributed by atoms with Crippen molar-refractivity contribution in [2.75, 3.05) is 11.5 Å². The number of pyridine rings is 2. The van der Waals surface area contributed by atoms with Crippen LogP contribution in [-0.2, 0) is 0 Å². The van der Waals surface area contributed by atoms with Gasteiger partial charge in [0.1, 0.15) is 0 Å². The number of alkyl halides is 2. The van der Waals surface area contributed by atoms with Gasteiger partial charge in [-0.15, -0.1) is 0 Å². The molecule has 0 saturated heterocycles. The fourth-order valence-corrected chi connectivity index (χ4v) is 6.85. The number of hydrogen-bond acceptors (Lipinski definition) is 2. The molecule has 2 aromatic carbocycles. The Bertz CT molecular complexity index is 1180. The predicted octanol–water partition coefficient (Wildman–Crippen LogP) is 8.20. The first kappa shape index (κ1) is 27.4. The summed E-state index contributed by atoms with van der Waals surface area (Å²) < 4.78 is 5.67. The zero-order valence-electron chi connectivity index (χ0n) is 21.0. The van der Waals surface area contributed by atoms with E-state index in [0.29, 0.717) is 8.10 Å². The number of aromatic nitrogens is 2. The number of nitrogens with zero attached hydrogens (tertiary/aromatic N) is 2. The van der Waals surface area contributed by atoms with E-state index in [4.69, 9.17) is 11.5 Å². The molecule has 0 fully saturated rings. The van der Waals surface area contributed by atoms with Crippen LogP contribution < -0.4 is 20.6 Å². The van der Waals surface area contributed by atoms with Crippen molar-refractivity contribution in [3.63, 3.8) is 0 Å². The van der Waals surface area contributed by atoms with Crippen molar-refractivity contribution < 1.29 is 9.13 Å². The monoisotopic (exact) mass is 708 g/mol. The molecule has 0 bridgehead atoms. The van der Waals surface area contributed by atoms with Gasteiger partial charge in [0, 0.05) is 37.1 Å². The van der Waals surface area contributed by atoms with Crippen LogP contribution in [0.3, 0.4) is 0 Å². The summed E-state index contributed by atoms with van der Waals surface area (Å²) in [6, 6.07) is 21.0. The Morgan fingerprint density at radius 3 is 1.31 bits per heavy atom. The van der Waals surface area contributed by atoms with E-state index in [0.717, 1.165) is 22.1 Å². The van der Waals surface area contributed by atoms with E-state index in [1.165, 1.54) is 75.2 Å². The van der Waals surface area contributed by atoms with Crippen molar-refractivity contribution in [1.82, 2.24) is 0 Å². The van der Waals surface area contributed by atoms with E-state index in [9.17, 15) is 0 Å². The lowest BCUT2D eigenvalue weighted by Gasteiger charge is -2.10. The van der Waals surface area contributed by atoms with Gasteiger partial charge in [-0.25, -0.2) is 0 Å². The molecular weight excluding hydrogens is 670 g/mol. The third-order valence-corrected chi connectivity index (χ3v) is 9.50. The molecule has 0 saturated carbocycles. The summed E-state index contributed by atoms with van der Waals surface area (Å²) in [5, 5.41) is 2.30. The molecule has 2 atom stereocenters. The fourth-order valence-electron chi connectivity index (χ4n) is 5.00. The molecule has 36 heavy (non-hydrogen) atoms. The second kappa shape index (κ2) is 13.7. The minimum Gasteiger partial charge on any atom is -0.398 e. The summed E-state index contributed by atoms with van der Waals surface area (Å²) in [6.45, 7) is 0. The highest BCUT2D eigenvalue weighted by molar-refractivity contribution is 14.1. The topological polar surface area (TPSA) is 59.8 Å². The van der Waals surface area contributed by atoms with E-state index >= 15 is 0 Å². The summed E-state index contributed by atoms with van der Waals surface area (Å²) in [4.78, 5) is 0. The molecule has 2 heterocycles. The molecule has 4 rings (SSSR count). The average Bonchev–Trinajstić information content (AvgIpc) is 2.90. The van der Waals surface area contributed by atoms with Crippen molar-refractivity contribution in [3.05, 3.63) is 73.1 Å². The largest absolute Gasteiger partial charge is 0.398 e. The molecule has 0 aliphatic carbocycles. The zero-order chi connectivity index (χ0) is 25.3. The lowest BCUT2D eigenvalue weighted by Crippen LogP contribution is -2.36. The second-order valence-corrected chi connectivity index (χ2v) is 12.5. The van der Waals surface area contributed by atoms with Crippen LogP contribution in [0.1, 0.15) is 72.3 Å². The molecule has 0 aliphatic heterocycles. The lowest BCUT2D eigenvalue weighted by molar-refractivity contribution is -0.669. The van der Waals surface area contributed by atoms with Gasteiger partial charge in [-0.1, -0.05) is 62.8 Å². The average molecular weight is 708 g/mol. The van der Waals surface area contributed by atoms with Crippen LogP contribution in [0.2, 0.25) is 0 Å². The first-order valence-electron chi connectivity index (χ1n) is 13.2. The van der Waals surface area contributed by atoms with Gasteiger partial charge in [-0.3, -0.25) is 0 Å². The Hall–Kier alpha value is -1.68. The molecule has 0 amide bonds. The van der Waals surface area contributed by atoms with Crippen molar-refractivity contribution in [2.45, 2.75) is 72.3 Å². The Kier molecular flexibility index (Phi) is 10.4. The van der Waals surface area contributed by atoms with E-state index in [2.05, 4.69) is 115 Å². The molecule has 2 aromatic heterocycles. The number of benzene rings is 2. The number of unbranched alkanes of at least 4 members (excludes halogenated alkanes) is 7. The molecule has 2 unspecified atom stereocenters. The number of para-hydroxylation sites is 2. The Labute approximate surface area is 242 Å². The maximum atomic E-state index is 6.17. The number of hydrogen-bond donors (Lipinski definition) is 2. The number of fused-ring (bicyclic) bond motifs is 2. The normalized spacial score (nSPS) is 13.3. The van der Waals surface area contributed by atoms with Gasteiger partial charge >= 0.3 is 0 Å². The molecule has 0 spiro atoms. The molecule has 190 valence electrons. The Morgan fingerprint density at radius 1 is 0.528 bits per heavy atom. The number of nitrogens with two attached hydrogens (primary N) is 2. The van der Waals surface area contributed by atoms with Crippen molar-refractivity contribution in [2.24, 2.45) is 0 Å². The SMILES string of the molecule is Nc1cc[n+](C(I)CCCCCCCCCCC(I)[n+]2ccc(N)c3ccccc32)c2ccccc12. The van der Waals surface area contributed by atoms with Crippen LogP contribution in [-0.4, -0.2) is 0 Å². The summed E-state index contributed by atoms with van der Waals surface area (Å²) in [5.41, 5.74) is 16.5. The highest BCUT2D eigenvalue weighted by Gasteiger charge is 2.20. The Morgan fingerprint density at radius 2 is 0.889 bits per heavy atom. The highest BCUT2D eigenvalue weighted by Crippen LogP contribution is 2.25. The van der Waals surface area contributed by atoms with Crippen LogP contribution in [0.4, 0.5) is 11.4 Å². The Balaban J connectivity index is 1.09. The van der Waals surface area contributed by atoms with E-state index in [-0.39, 0.29) is 0 Å². The third-order valence-electron chi connectivity index (χ3n) is 7.05. The molecule has 4 aromatic rings. The lowest BCUT2D eigenvalue weighted by atomic mass is 10.1. The predicted molar refractivity (Wildman–Crippen MR) is 169 cm³/mol. The van der Waals surface area contributed by atoms with Crippen molar-refractivity contribution in [3.8, 4) is 0 Å². The van der Waals surface area contributed by atoms with Crippen molar-refractivity contribution >= 4 is 78.4 Å². The van der Waals surface area contributed by atoms with Crippen LogP contribution >= 0.6 is 45.2 Å². The summed E-state index contributed by atoms with van der Waals surface area (Å²) in [5.74, 6) is 0. The summed E-state index contributed by atoms with van der Waals surface area (Å²) in [6.07, 6.45) is 17.3. The summed E-state index contributed by atoms with van der Waals surface area (Å²) >= 11 is 5.16. The van der Waals surface area contributed by atoms with Crippen molar-refractivity contribution in [1.29, 1.82) is 0 Å². The fraction of sp³-hybridized carbons (Fsp3) is 0.400.